The highest BCUT2D eigenvalue weighted by atomic mass is 16.5. The second-order valence-electron chi connectivity index (χ2n) is 5.86. The zero-order valence-corrected chi connectivity index (χ0v) is 12.2. The van der Waals surface area contributed by atoms with Crippen LogP contribution in [0.25, 0.3) is 0 Å². The Labute approximate surface area is 116 Å². The van der Waals surface area contributed by atoms with Crippen molar-refractivity contribution in [1.82, 2.24) is 15.1 Å². The molecule has 0 aromatic heterocycles. The quantitative estimate of drug-likeness (QED) is 0.798. The van der Waals surface area contributed by atoms with E-state index in [0.717, 1.165) is 51.9 Å². The van der Waals surface area contributed by atoms with Crippen LogP contribution in [0.2, 0.25) is 0 Å². The van der Waals surface area contributed by atoms with Crippen molar-refractivity contribution in [3.8, 4) is 0 Å². The molecule has 1 aliphatic heterocycles. The average Bonchev–Trinajstić information content (AvgIpc) is 2.42. The van der Waals surface area contributed by atoms with Crippen LogP contribution in [0.4, 0.5) is 0 Å². The predicted molar refractivity (Wildman–Crippen MR) is 75.1 cm³/mol. The maximum Gasteiger partial charge on any atom is 0.234 e. The molecule has 1 saturated carbocycles. The van der Waals surface area contributed by atoms with E-state index in [1.807, 2.05) is 0 Å². The number of hydrogen-bond acceptors (Lipinski definition) is 4. The summed E-state index contributed by atoms with van der Waals surface area (Å²) in [5.74, 6) is 0.186. The maximum absolute atomic E-state index is 12.0. The molecule has 0 radical (unpaired) electrons. The van der Waals surface area contributed by atoms with Gasteiger partial charge in [0.15, 0.2) is 0 Å². The van der Waals surface area contributed by atoms with E-state index < -0.39 is 0 Å². The second-order valence-corrected chi connectivity index (χ2v) is 5.86. The first kappa shape index (κ1) is 14.8. The molecule has 19 heavy (non-hydrogen) atoms. The number of hydrogen-bond donors (Lipinski definition) is 1. The van der Waals surface area contributed by atoms with E-state index in [0.29, 0.717) is 18.7 Å². The van der Waals surface area contributed by atoms with Crippen LogP contribution in [0.3, 0.4) is 0 Å². The van der Waals surface area contributed by atoms with E-state index in [1.54, 1.807) is 7.11 Å². The van der Waals surface area contributed by atoms with Crippen molar-refractivity contribution in [2.45, 2.75) is 37.8 Å². The SMILES string of the molecule is COC1CCC(NC(=O)CN2CCN(C)CC2)CC1. The number of methoxy groups -OCH3 is 1. The molecule has 110 valence electrons. The zero-order chi connectivity index (χ0) is 13.7. The van der Waals surface area contributed by atoms with Gasteiger partial charge in [0, 0.05) is 39.3 Å². The van der Waals surface area contributed by atoms with Crippen molar-refractivity contribution in [2.75, 3.05) is 46.9 Å². The normalized spacial score (nSPS) is 30.2. The van der Waals surface area contributed by atoms with Gasteiger partial charge < -0.3 is 15.0 Å². The number of rotatable bonds is 4. The Hall–Kier alpha value is -0.650. The van der Waals surface area contributed by atoms with Gasteiger partial charge in [-0.05, 0) is 32.7 Å². The van der Waals surface area contributed by atoms with Crippen molar-refractivity contribution >= 4 is 5.91 Å². The van der Waals surface area contributed by atoms with Crippen molar-refractivity contribution in [3.63, 3.8) is 0 Å². The van der Waals surface area contributed by atoms with Gasteiger partial charge in [-0.1, -0.05) is 0 Å². The van der Waals surface area contributed by atoms with E-state index in [4.69, 9.17) is 4.74 Å². The summed E-state index contributed by atoms with van der Waals surface area (Å²) >= 11 is 0. The lowest BCUT2D eigenvalue weighted by molar-refractivity contribution is -0.123. The van der Waals surface area contributed by atoms with Crippen molar-refractivity contribution < 1.29 is 9.53 Å². The smallest absolute Gasteiger partial charge is 0.234 e. The van der Waals surface area contributed by atoms with Crippen LogP contribution in [0, 0.1) is 0 Å². The fraction of sp³-hybridized carbons (Fsp3) is 0.929. The van der Waals surface area contributed by atoms with Crippen molar-refractivity contribution in [3.05, 3.63) is 0 Å². The van der Waals surface area contributed by atoms with E-state index in [2.05, 4.69) is 22.2 Å². The number of amides is 1. The molecular formula is C14H27N3O2. The molecular weight excluding hydrogens is 242 g/mol. The lowest BCUT2D eigenvalue weighted by Crippen LogP contribution is -2.49. The van der Waals surface area contributed by atoms with Gasteiger partial charge in [0.05, 0.1) is 12.6 Å². The highest BCUT2D eigenvalue weighted by Gasteiger charge is 2.23. The molecule has 2 aliphatic rings. The topological polar surface area (TPSA) is 44.8 Å². The van der Waals surface area contributed by atoms with E-state index in [1.165, 1.54) is 0 Å². The third-order valence-electron chi connectivity index (χ3n) is 4.34. The van der Waals surface area contributed by atoms with Crippen LogP contribution in [-0.4, -0.2) is 74.7 Å². The minimum absolute atomic E-state index is 0.186. The lowest BCUT2D eigenvalue weighted by atomic mass is 9.93. The molecule has 1 aliphatic carbocycles. The first-order valence-corrected chi connectivity index (χ1v) is 7.40. The third kappa shape index (κ3) is 4.75. The minimum Gasteiger partial charge on any atom is -0.381 e. The second kappa shape index (κ2) is 7.22. The van der Waals surface area contributed by atoms with E-state index >= 15 is 0 Å². The molecule has 1 N–H and O–H groups in total. The van der Waals surface area contributed by atoms with Gasteiger partial charge in [-0.2, -0.15) is 0 Å². The van der Waals surface area contributed by atoms with Crippen molar-refractivity contribution in [2.24, 2.45) is 0 Å². The Kier molecular flexibility index (Phi) is 5.60. The summed E-state index contributed by atoms with van der Waals surface area (Å²) in [5, 5.41) is 3.17. The Morgan fingerprint density at radius 2 is 1.79 bits per heavy atom. The van der Waals surface area contributed by atoms with E-state index in [-0.39, 0.29) is 5.91 Å². The highest BCUT2D eigenvalue weighted by molar-refractivity contribution is 5.78. The Morgan fingerprint density at radius 1 is 1.16 bits per heavy atom. The molecule has 0 spiro atoms. The fourth-order valence-electron chi connectivity index (χ4n) is 2.93. The molecule has 0 aromatic rings. The van der Waals surface area contributed by atoms with Gasteiger partial charge in [0.1, 0.15) is 0 Å². The maximum atomic E-state index is 12.0. The number of ether oxygens (including phenoxy) is 1. The summed E-state index contributed by atoms with van der Waals surface area (Å²) < 4.78 is 5.35. The first-order chi connectivity index (χ1) is 9.17. The van der Waals surface area contributed by atoms with Crippen LogP contribution in [-0.2, 0) is 9.53 Å². The lowest BCUT2D eigenvalue weighted by Gasteiger charge is -2.33. The molecule has 0 unspecified atom stereocenters. The van der Waals surface area contributed by atoms with Gasteiger partial charge in [0.25, 0.3) is 0 Å². The Balaban J connectivity index is 1.64. The van der Waals surface area contributed by atoms with Gasteiger partial charge in [-0.15, -0.1) is 0 Å². The summed E-state index contributed by atoms with van der Waals surface area (Å²) in [6, 6.07) is 0.353. The molecule has 1 saturated heterocycles. The summed E-state index contributed by atoms with van der Waals surface area (Å²) in [7, 11) is 3.91. The summed E-state index contributed by atoms with van der Waals surface area (Å²) in [6.45, 7) is 4.68. The number of nitrogens with one attached hydrogen (secondary N) is 1. The first-order valence-electron chi connectivity index (χ1n) is 7.40. The Bertz CT molecular complexity index is 282. The molecule has 0 aromatic carbocycles. The third-order valence-corrected chi connectivity index (χ3v) is 4.34. The standard InChI is InChI=1S/C14H27N3O2/c1-16-7-9-17(10-8-16)11-14(18)15-12-3-5-13(19-2)6-4-12/h12-13H,3-11H2,1-2H3,(H,15,18). The van der Waals surface area contributed by atoms with Gasteiger partial charge in [-0.3, -0.25) is 9.69 Å². The summed E-state index contributed by atoms with van der Waals surface area (Å²) in [6.07, 6.45) is 4.62. The number of likely N-dealkylation sites (N-methyl/N-ethyl adjacent to an activating group) is 1. The fourth-order valence-corrected chi connectivity index (χ4v) is 2.93. The highest BCUT2D eigenvalue weighted by Crippen LogP contribution is 2.20. The number of carbonyl (C=O) groups excluding carboxylic acids is 1. The van der Waals surface area contributed by atoms with Crippen LogP contribution in [0.1, 0.15) is 25.7 Å². The van der Waals surface area contributed by atoms with E-state index in [9.17, 15) is 4.79 Å². The molecule has 2 fully saturated rings. The molecule has 1 amide bonds. The van der Waals surface area contributed by atoms with Crippen LogP contribution in [0.15, 0.2) is 0 Å². The Morgan fingerprint density at radius 3 is 2.37 bits per heavy atom. The molecule has 0 atom stereocenters. The molecule has 5 heteroatoms. The predicted octanol–water partition coefficient (Wildman–Crippen LogP) is 0.308. The average molecular weight is 269 g/mol. The monoisotopic (exact) mass is 269 g/mol. The van der Waals surface area contributed by atoms with Crippen LogP contribution in [0.5, 0.6) is 0 Å². The molecule has 5 nitrogen and oxygen atoms in total. The number of piperazine rings is 1. The van der Waals surface area contributed by atoms with Crippen LogP contribution >= 0.6 is 0 Å². The van der Waals surface area contributed by atoms with Crippen molar-refractivity contribution in [1.29, 1.82) is 0 Å². The molecule has 1 heterocycles. The van der Waals surface area contributed by atoms with Gasteiger partial charge in [0.2, 0.25) is 5.91 Å². The minimum atomic E-state index is 0.186. The largest absolute Gasteiger partial charge is 0.381 e. The van der Waals surface area contributed by atoms with Gasteiger partial charge in [-0.25, -0.2) is 0 Å². The zero-order valence-electron chi connectivity index (χ0n) is 12.2. The van der Waals surface area contributed by atoms with Gasteiger partial charge >= 0.3 is 0 Å². The summed E-state index contributed by atoms with van der Waals surface area (Å²) in [5.41, 5.74) is 0. The molecule has 0 bridgehead atoms. The number of nitrogens with zero attached hydrogens (tertiary/aromatic N) is 2. The summed E-state index contributed by atoms with van der Waals surface area (Å²) in [4.78, 5) is 16.6. The van der Waals surface area contributed by atoms with Crippen LogP contribution < -0.4 is 5.32 Å². The molecule has 2 rings (SSSR count). The number of carbonyl (C=O) groups is 1.